The highest BCUT2D eigenvalue weighted by Gasteiger charge is 2.23. The molecule has 3 unspecified atom stereocenters. The number of carbonyl (C=O) groups excluding carboxylic acids is 2. The van der Waals surface area contributed by atoms with Gasteiger partial charge in [0.15, 0.2) is 0 Å². The third-order valence-electron chi connectivity index (χ3n) is 2.39. The zero-order valence-corrected chi connectivity index (χ0v) is 11.9. The van der Waals surface area contributed by atoms with Crippen LogP contribution >= 0.6 is 11.8 Å². The Labute approximate surface area is 112 Å². The highest BCUT2D eigenvalue weighted by atomic mass is 32.2. The van der Waals surface area contributed by atoms with Gasteiger partial charge in [-0.2, -0.15) is 11.8 Å². The highest BCUT2D eigenvalue weighted by Crippen LogP contribution is 2.02. The van der Waals surface area contributed by atoms with E-state index in [2.05, 4.69) is 10.6 Å². The summed E-state index contributed by atoms with van der Waals surface area (Å²) in [4.78, 5) is 22.7. The molecule has 18 heavy (non-hydrogen) atoms. The number of amides is 2. The second kappa shape index (κ2) is 9.18. The molecule has 5 N–H and O–H groups in total. The molecule has 0 aliphatic heterocycles. The van der Waals surface area contributed by atoms with Gasteiger partial charge in [-0.1, -0.05) is 6.92 Å². The van der Waals surface area contributed by atoms with E-state index >= 15 is 0 Å². The summed E-state index contributed by atoms with van der Waals surface area (Å²) in [5.41, 5.74) is 5.70. The van der Waals surface area contributed by atoms with E-state index in [0.717, 1.165) is 5.75 Å². The maximum Gasteiger partial charge on any atom is 0.252 e. The minimum atomic E-state index is -1.25. The summed E-state index contributed by atoms with van der Waals surface area (Å²) >= 11 is 1.60. The maximum absolute atomic E-state index is 11.6. The summed E-state index contributed by atoms with van der Waals surface area (Å²) in [6.07, 6.45) is 1.06. The number of hydrogen-bond donors (Lipinski definition) is 4. The van der Waals surface area contributed by atoms with Crippen molar-refractivity contribution in [2.45, 2.75) is 45.0 Å². The smallest absolute Gasteiger partial charge is 0.252 e. The summed E-state index contributed by atoms with van der Waals surface area (Å²) in [5, 5.41) is 14.8. The van der Waals surface area contributed by atoms with Crippen molar-refractivity contribution < 1.29 is 14.7 Å². The predicted molar refractivity (Wildman–Crippen MR) is 73.0 cm³/mol. The van der Waals surface area contributed by atoms with Gasteiger partial charge in [-0.05, 0) is 25.4 Å². The van der Waals surface area contributed by atoms with Gasteiger partial charge in [0, 0.05) is 12.5 Å². The second-order valence-electron chi connectivity index (χ2n) is 4.04. The van der Waals surface area contributed by atoms with Crippen LogP contribution in [0.5, 0.6) is 0 Å². The van der Waals surface area contributed by atoms with E-state index < -0.39 is 24.2 Å². The largest absolute Gasteiger partial charge is 0.382 e. The quantitative estimate of drug-likeness (QED) is 0.444. The van der Waals surface area contributed by atoms with Gasteiger partial charge in [0.05, 0.1) is 6.17 Å². The van der Waals surface area contributed by atoms with Crippen molar-refractivity contribution in [1.29, 1.82) is 0 Å². The fourth-order valence-electron chi connectivity index (χ4n) is 1.28. The number of aliphatic hydroxyl groups is 1. The van der Waals surface area contributed by atoms with E-state index in [4.69, 9.17) is 5.73 Å². The molecule has 7 heteroatoms. The van der Waals surface area contributed by atoms with Crippen molar-refractivity contribution in [2.75, 3.05) is 12.0 Å². The molecule has 0 bridgehead atoms. The van der Waals surface area contributed by atoms with Crippen molar-refractivity contribution in [3.05, 3.63) is 0 Å². The molecule has 0 aromatic heterocycles. The van der Waals surface area contributed by atoms with Crippen LogP contribution < -0.4 is 16.4 Å². The van der Waals surface area contributed by atoms with Crippen LogP contribution in [0.1, 0.15) is 26.7 Å². The average molecular weight is 277 g/mol. The van der Waals surface area contributed by atoms with E-state index in [1.165, 1.54) is 0 Å². The molecule has 0 rings (SSSR count). The Morgan fingerprint density at radius 3 is 2.50 bits per heavy atom. The van der Waals surface area contributed by atoms with Gasteiger partial charge in [0.2, 0.25) is 5.91 Å². The van der Waals surface area contributed by atoms with Gasteiger partial charge in [0.25, 0.3) is 5.91 Å². The summed E-state index contributed by atoms with van der Waals surface area (Å²) in [6, 6.07) is -0.591. The van der Waals surface area contributed by atoms with E-state index in [9.17, 15) is 14.7 Å². The third kappa shape index (κ3) is 6.83. The molecule has 0 aliphatic rings. The van der Waals surface area contributed by atoms with Gasteiger partial charge in [-0.15, -0.1) is 0 Å². The van der Waals surface area contributed by atoms with Crippen LogP contribution in [0.2, 0.25) is 0 Å². The van der Waals surface area contributed by atoms with Crippen molar-refractivity contribution in [1.82, 2.24) is 10.6 Å². The zero-order valence-electron chi connectivity index (χ0n) is 11.1. The Kier molecular flexibility index (Phi) is 8.78. The molecule has 0 aromatic rings. The summed E-state index contributed by atoms with van der Waals surface area (Å²) in [7, 11) is 0. The lowest BCUT2D eigenvalue weighted by Crippen LogP contribution is -2.53. The number of rotatable bonds is 8. The van der Waals surface area contributed by atoms with Crippen molar-refractivity contribution in [2.24, 2.45) is 5.73 Å². The summed E-state index contributed by atoms with van der Waals surface area (Å²) in [5.74, 6) is 0.0599. The molecule has 2 amide bonds. The molecule has 0 spiro atoms. The molecule has 0 heterocycles. The normalized spacial score (nSPS) is 15.6. The van der Waals surface area contributed by atoms with Crippen LogP contribution in [0.4, 0.5) is 0 Å². The van der Waals surface area contributed by atoms with Crippen molar-refractivity contribution in [3.8, 4) is 0 Å². The highest BCUT2D eigenvalue weighted by molar-refractivity contribution is 7.98. The van der Waals surface area contributed by atoms with E-state index in [0.29, 0.717) is 12.8 Å². The first-order valence-corrected chi connectivity index (χ1v) is 7.34. The minimum Gasteiger partial charge on any atom is -0.382 e. The molecule has 106 valence electrons. The van der Waals surface area contributed by atoms with Crippen LogP contribution in [0.3, 0.4) is 0 Å². The number of hydrogen-bond acceptors (Lipinski definition) is 5. The Hall–Kier alpha value is -0.790. The van der Waals surface area contributed by atoms with Gasteiger partial charge < -0.3 is 21.5 Å². The monoisotopic (exact) mass is 277 g/mol. The van der Waals surface area contributed by atoms with Crippen LogP contribution in [0.25, 0.3) is 0 Å². The lowest BCUT2D eigenvalue weighted by molar-refractivity contribution is -0.131. The lowest BCUT2D eigenvalue weighted by Gasteiger charge is -2.21. The number of nitrogens with one attached hydrogen (secondary N) is 2. The Morgan fingerprint density at radius 2 is 2.00 bits per heavy atom. The molecule has 0 aliphatic carbocycles. The van der Waals surface area contributed by atoms with Gasteiger partial charge in [0.1, 0.15) is 6.10 Å². The van der Waals surface area contributed by atoms with Gasteiger partial charge in [-0.3, -0.25) is 9.59 Å². The fraction of sp³-hybridized carbons (Fsp3) is 0.818. The fourth-order valence-corrected chi connectivity index (χ4v) is 1.79. The first kappa shape index (κ1) is 17.2. The average Bonchev–Trinajstić information content (AvgIpc) is 2.34. The van der Waals surface area contributed by atoms with Gasteiger partial charge >= 0.3 is 0 Å². The van der Waals surface area contributed by atoms with Crippen LogP contribution in [-0.2, 0) is 9.59 Å². The van der Waals surface area contributed by atoms with Crippen molar-refractivity contribution >= 4 is 23.6 Å². The standard InChI is InChI=1S/C11H23N3O3S/c1-4-9(15)13-7(2)14-11(17)10(16)8(12)5-6-18-3/h7-8,10,16H,4-6,12H2,1-3H3,(H,13,15)(H,14,17). The molecule has 0 fully saturated rings. The lowest BCUT2D eigenvalue weighted by atomic mass is 10.1. The predicted octanol–water partition coefficient (Wildman–Crippen LogP) is -0.584. The summed E-state index contributed by atoms with van der Waals surface area (Å²) in [6.45, 7) is 3.35. The number of aliphatic hydroxyl groups excluding tert-OH is 1. The molecule has 0 saturated heterocycles. The molecule has 0 radical (unpaired) electrons. The van der Waals surface area contributed by atoms with E-state index in [-0.39, 0.29) is 5.91 Å². The maximum atomic E-state index is 11.6. The number of thioether (sulfide) groups is 1. The van der Waals surface area contributed by atoms with Gasteiger partial charge in [-0.25, -0.2) is 0 Å². The first-order valence-electron chi connectivity index (χ1n) is 5.94. The second-order valence-corrected chi connectivity index (χ2v) is 5.03. The summed E-state index contributed by atoms with van der Waals surface area (Å²) < 4.78 is 0. The molecule has 0 aromatic carbocycles. The molecule has 3 atom stereocenters. The number of nitrogens with two attached hydrogens (primary N) is 1. The Balaban J connectivity index is 4.10. The van der Waals surface area contributed by atoms with Crippen molar-refractivity contribution in [3.63, 3.8) is 0 Å². The molecule has 6 nitrogen and oxygen atoms in total. The molecule has 0 saturated carbocycles. The molecular weight excluding hydrogens is 254 g/mol. The Bertz CT molecular complexity index is 276. The van der Waals surface area contributed by atoms with Crippen LogP contribution in [-0.4, -0.2) is 47.2 Å². The zero-order chi connectivity index (χ0) is 14.1. The van der Waals surface area contributed by atoms with Crippen LogP contribution in [0.15, 0.2) is 0 Å². The Morgan fingerprint density at radius 1 is 1.39 bits per heavy atom. The third-order valence-corrected chi connectivity index (χ3v) is 3.03. The van der Waals surface area contributed by atoms with Crippen LogP contribution in [0, 0.1) is 0 Å². The SMILES string of the molecule is CCC(=O)NC(C)NC(=O)C(O)C(N)CCSC. The van der Waals surface area contributed by atoms with E-state index in [1.807, 2.05) is 6.26 Å². The first-order chi connectivity index (χ1) is 8.42. The molecular formula is C11H23N3O3S. The van der Waals surface area contributed by atoms with E-state index in [1.54, 1.807) is 25.6 Å². The number of carbonyl (C=O) groups is 2. The topological polar surface area (TPSA) is 104 Å². The minimum absolute atomic E-state index is 0.163.